The van der Waals surface area contributed by atoms with Crippen LogP contribution in [0.15, 0.2) is 47.0 Å². The normalized spacial score (nSPS) is 22.2. The summed E-state index contributed by atoms with van der Waals surface area (Å²) in [4.78, 5) is 19.8. The van der Waals surface area contributed by atoms with Crippen LogP contribution >= 0.6 is 0 Å². The predicted molar refractivity (Wildman–Crippen MR) is 141 cm³/mol. The molecule has 3 heterocycles. The van der Waals surface area contributed by atoms with Crippen LogP contribution in [0.3, 0.4) is 0 Å². The standard InChI is InChI=1S/C29H31FN4O4/c1-17-27(18(2)38-32-17)19-4-13-25-24(16-19)31-28(33(25)21-9-11-23(36-3)12-10-21)26-14-15-37-29(35)34(26)22-7-5-20(30)6-8-22/h4-8,13,16,21,23,26H,9-12,14-15H2,1-3H3/t21-,23-,26?. The van der Waals surface area contributed by atoms with E-state index in [1.54, 1.807) is 24.1 Å². The predicted octanol–water partition coefficient (Wildman–Crippen LogP) is 6.67. The van der Waals surface area contributed by atoms with Gasteiger partial charge in [0.05, 0.1) is 29.4 Å². The number of fused-ring (bicyclic) bond motifs is 1. The lowest BCUT2D eigenvalue weighted by molar-refractivity contribution is 0.0582. The Bertz CT molecular complexity index is 1450. The minimum absolute atomic E-state index is 0.222. The first-order chi connectivity index (χ1) is 18.4. The lowest BCUT2D eigenvalue weighted by Gasteiger charge is -2.37. The minimum atomic E-state index is -0.453. The van der Waals surface area contributed by atoms with E-state index in [1.807, 2.05) is 13.8 Å². The van der Waals surface area contributed by atoms with Crippen LogP contribution in [0.25, 0.3) is 22.2 Å². The van der Waals surface area contributed by atoms with Crippen LogP contribution in [0.4, 0.5) is 14.9 Å². The van der Waals surface area contributed by atoms with Gasteiger partial charge in [-0.2, -0.15) is 0 Å². The van der Waals surface area contributed by atoms with Crippen molar-refractivity contribution in [3.8, 4) is 11.1 Å². The molecule has 1 aliphatic heterocycles. The average molecular weight is 519 g/mol. The maximum Gasteiger partial charge on any atom is 0.414 e. The molecule has 9 heteroatoms. The van der Waals surface area contributed by atoms with Gasteiger partial charge in [-0.1, -0.05) is 11.2 Å². The van der Waals surface area contributed by atoms with E-state index >= 15 is 0 Å². The second-order valence-corrected chi connectivity index (χ2v) is 10.2. The van der Waals surface area contributed by atoms with E-state index in [-0.39, 0.29) is 24.0 Å². The lowest BCUT2D eigenvalue weighted by Crippen LogP contribution is -2.42. The Morgan fingerprint density at radius 2 is 1.79 bits per heavy atom. The van der Waals surface area contributed by atoms with E-state index in [2.05, 4.69) is 27.9 Å². The number of halogens is 1. The molecule has 1 unspecified atom stereocenters. The first kappa shape index (κ1) is 24.6. The maximum absolute atomic E-state index is 13.7. The van der Waals surface area contributed by atoms with Crippen LogP contribution < -0.4 is 4.90 Å². The van der Waals surface area contributed by atoms with E-state index in [9.17, 15) is 9.18 Å². The van der Waals surface area contributed by atoms with Gasteiger partial charge in [0.2, 0.25) is 0 Å². The van der Waals surface area contributed by atoms with Gasteiger partial charge in [0.25, 0.3) is 0 Å². The summed E-state index contributed by atoms with van der Waals surface area (Å²) in [5, 5.41) is 4.12. The van der Waals surface area contributed by atoms with Gasteiger partial charge in [0.15, 0.2) is 0 Å². The molecule has 6 rings (SSSR count). The van der Waals surface area contributed by atoms with Gasteiger partial charge in [-0.15, -0.1) is 0 Å². The molecule has 2 aromatic carbocycles. The van der Waals surface area contributed by atoms with Gasteiger partial charge in [0.1, 0.15) is 23.4 Å². The van der Waals surface area contributed by atoms with Crippen molar-refractivity contribution in [3.63, 3.8) is 0 Å². The second-order valence-electron chi connectivity index (χ2n) is 10.2. The third-order valence-corrected chi connectivity index (χ3v) is 7.91. The van der Waals surface area contributed by atoms with E-state index in [0.29, 0.717) is 18.7 Å². The molecule has 0 spiro atoms. The average Bonchev–Trinajstić information content (AvgIpc) is 3.48. The summed E-state index contributed by atoms with van der Waals surface area (Å²) in [7, 11) is 1.77. The van der Waals surface area contributed by atoms with E-state index < -0.39 is 6.09 Å². The lowest BCUT2D eigenvalue weighted by atomic mass is 9.92. The Labute approximate surface area is 220 Å². The molecule has 1 amide bonds. The van der Waals surface area contributed by atoms with Crippen molar-refractivity contribution >= 4 is 22.8 Å². The zero-order chi connectivity index (χ0) is 26.4. The van der Waals surface area contributed by atoms with E-state index in [0.717, 1.165) is 65.1 Å². The summed E-state index contributed by atoms with van der Waals surface area (Å²) in [6.07, 6.45) is 4.22. The quantitative estimate of drug-likeness (QED) is 0.294. The fourth-order valence-electron chi connectivity index (χ4n) is 6.04. The summed E-state index contributed by atoms with van der Waals surface area (Å²) in [6, 6.07) is 12.1. The molecule has 8 nitrogen and oxygen atoms in total. The topological polar surface area (TPSA) is 82.6 Å². The van der Waals surface area contributed by atoms with E-state index in [1.165, 1.54) is 12.1 Å². The number of hydrogen-bond acceptors (Lipinski definition) is 6. The van der Waals surface area contributed by atoms with Gasteiger partial charge in [-0.05, 0) is 81.5 Å². The number of aromatic nitrogens is 3. The van der Waals surface area contributed by atoms with E-state index in [4.69, 9.17) is 19.0 Å². The number of ether oxygens (including phenoxy) is 2. The van der Waals surface area contributed by atoms with Crippen molar-refractivity contribution in [1.29, 1.82) is 0 Å². The Hall–Kier alpha value is -3.72. The molecule has 1 atom stereocenters. The Morgan fingerprint density at radius 1 is 1.03 bits per heavy atom. The van der Waals surface area contributed by atoms with Gasteiger partial charge >= 0.3 is 6.09 Å². The molecule has 2 fully saturated rings. The molecule has 38 heavy (non-hydrogen) atoms. The fraction of sp³-hybridized carbons (Fsp3) is 0.414. The number of imidazole rings is 1. The first-order valence-electron chi connectivity index (χ1n) is 13.1. The van der Waals surface area contributed by atoms with Gasteiger partial charge in [0, 0.05) is 30.8 Å². The molecule has 198 valence electrons. The third-order valence-electron chi connectivity index (χ3n) is 7.91. The Balaban J connectivity index is 1.49. The molecular weight excluding hydrogens is 487 g/mol. The number of anilines is 1. The van der Waals surface area contributed by atoms with Crippen LogP contribution in [0.1, 0.15) is 61.5 Å². The zero-order valence-electron chi connectivity index (χ0n) is 21.8. The monoisotopic (exact) mass is 518 g/mol. The van der Waals surface area contributed by atoms with Crippen molar-refractivity contribution < 1.29 is 23.2 Å². The first-order valence-corrected chi connectivity index (χ1v) is 13.1. The van der Waals surface area contributed by atoms with Crippen LogP contribution in [-0.2, 0) is 9.47 Å². The number of amides is 1. The Morgan fingerprint density at radius 3 is 2.47 bits per heavy atom. The molecular formula is C29H31FN4O4. The van der Waals surface area contributed by atoms with Gasteiger partial charge < -0.3 is 18.6 Å². The third kappa shape index (κ3) is 4.24. The smallest absolute Gasteiger partial charge is 0.414 e. The molecule has 0 radical (unpaired) electrons. The van der Waals surface area contributed by atoms with Crippen molar-refractivity contribution in [2.75, 3.05) is 18.6 Å². The highest BCUT2D eigenvalue weighted by Gasteiger charge is 2.37. The number of aryl methyl sites for hydroxylation is 2. The fourth-order valence-corrected chi connectivity index (χ4v) is 6.04. The van der Waals surface area contributed by atoms with Crippen molar-refractivity contribution in [1.82, 2.24) is 14.7 Å². The summed E-state index contributed by atoms with van der Waals surface area (Å²) in [5.74, 6) is 1.22. The number of methoxy groups -OCH3 is 1. The summed E-state index contributed by atoms with van der Waals surface area (Å²) in [6.45, 7) is 4.14. The second kappa shape index (κ2) is 9.87. The number of rotatable bonds is 5. The van der Waals surface area contributed by atoms with Gasteiger partial charge in [-0.25, -0.2) is 14.2 Å². The molecule has 2 aromatic heterocycles. The number of cyclic esters (lactones) is 1. The maximum atomic E-state index is 13.7. The molecule has 2 aliphatic rings. The van der Waals surface area contributed by atoms with Crippen LogP contribution in [0.5, 0.6) is 0 Å². The summed E-state index contributed by atoms with van der Waals surface area (Å²) in [5.41, 5.74) is 5.25. The number of hydrogen-bond donors (Lipinski definition) is 0. The van der Waals surface area contributed by atoms with Crippen LogP contribution in [0, 0.1) is 19.7 Å². The van der Waals surface area contributed by atoms with Crippen LogP contribution in [-0.4, -0.2) is 40.6 Å². The van der Waals surface area contributed by atoms with Crippen LogP contribution in [0.2, 0.25) is 0 Å². The number of carbonyl (C=O) groups is 1. The molecule has 4 aromatic rings. The zero-order valence-corrected chi connectivity index (χ0v) is 21.8. The Kier molecular flexibility index (Phi) is 6.39. The molecule has 1 aliphatic carbocycles. The SMILES string of the molecule is CO[C@H]1CC[C@H](n2c(C3CCOC(=O)N3c3ccc(F)cc3)nc3cc(-c4c(C)noc4C)ccc32)CC1. The highest BCUT2D eigenvalue weighted by Crippen LogP contribution is 2.41. The number of carbonyl (C=O) groups excluding carboxylic acids is 1. The molecule has 1 saturated heterocycles. The highest BCUT2D eigenvalue weighted by atomic mass is 19.1. The number of nitrogens with zero attached hydrogens (tertiary/aromatic N) is 4. The van der Waals surface area contributed by atoms with Gasteiger partial charge in [-0.3, -0.25) is 4.90 Å². The van der Waals surface area contributed by atoms with Crippen molar-refractivity contribution in [2.45, 2.75) is 64.1 Å². The molecule has 0 N–H and O–H groups in total. The minimum Gasteiger partial charge on any atom is -0.449 e. The summed E-state index contributed by atoms with van der Waals surface area (Å²) >= 11 is 0. The number of benzene rings is 2. The molecule has 0 bridgehead atoms. The van der Waals surface area contributed by atoms with Crippen molar-refractivity contribution in [3.05, 3.63) is 65.6 Å². The highest BCUT2D eigenvalue weighted by molar-refractivity contribution is 5.90. The molecule has 1 saturated carbocycles. The van der Waals surface area contributed by atoms with Crippen molar-refractivity contribution in [2.24, 2.45) is 0 Å². The largest absolute Gasteiger partial charge is 0.449 e. The summed E-state index contributed by atoms with van der Waals surface area (Å²) < 4.78 is 32.5.